The Labute approximate surface area is 145 Å². The Balaban J connectivity index is 1.59. The quantitative estimate of drug-likeness (QED) is 0.673. The van der Waals surface area contributed by atoms with Gasteiger partial charge in [0.2, 0.25) is 17.7 Å². The average molecular weight is 347 g/mol. The predicted molar refractivity (Wildman–Crippen MR) is 91.5 cm³/mol. The number of aryl methyl sites for hydroxylation is 1. The molecule has 1 saturated heterocycles. The molecule has 2 atom stereocenters. The summed E-state index contributed by atoms with van der Waals surface area (Å²) in [5.74, 6) is -1.04. The van der Waals surface area contributed by atoms with Crippen molar-refractivity contribution in [2.45, 2.75) is 26.2 Å². The Morgan fingerprint density at radius 3 is 2.46 bits per heavy atom. The summed E-state index contributed by atoms with van der Waals surface area (Å²) in [4.78, 5) is 38.1. The predicted octanol–water partition coefficient (Wildman–Crippen LogP) is 2.93. The summed E-state index contributed by atoms with van der Waals surface area (Å²) in [5, 5.41) is 3.32. The number of rotatable bonds is 4. The maximum Gasteiger partial charge on any atom is 0.233 e. The number of allylic oxidation sites excluding steroid dienone is 2. The van der Waals surface area contributed by atoms with Gasteiger partial charge < -0.3 is 5.32 Å². The highest BCUT2D eigenvalue weighted by Crippen LogP contribution is 2.35. The second-order valence-electron chi connectivity index (χ2n) is 6.24. The SMILES string of the molecule is Cc1ccc(Cl)cc1NC(=O)CCN1C(=O)[C@H]2CC=CC[C@H]2C1=O. The Morgan fingerprint density at radius 2 is 1.83 bits per heavy atom. The van der Waals surface area contributed by atoms with Crippen molar-refractivity contribution in [1.82, 2.24) is 4.90 Å². The van der Waals surface area contributed by atoms with Gasteiger partial charge in [-0.25, -0.2) is 0 Å². The van der Waals surface area contributed by atoms with Gasteiger partial charge in [0.05, 0.1) is 11.8 Å². The molecule has 6 heteroatoms. The molecule has 2 aliphatic rings. The van der Waals surface area contributed by atoms with Crippen LogP contribution in [0.5, 0.6) is 0 Å². The van der Waals surface area contributed by atoms with Crippen LogP contribution in [0, 0.1) is 18.8 Å². The van der Waals surface area contributed by atoms with Crippen molar-refractivity contribution in [3.8, 4) is 0 Å². The smallest absolute Gasteiger partial charge is 0.233 e. The molecule has 1 aromatic rings. The van der Waals surface area contributed by atoms with Gasteiger partial charge in [-0.1, -0.05) is 29.8 Å². The fourth-order valence-corrected chi connectivity index (χ4v) is 3.42. The van der Waals surface area contributed by atoms with Crippen LogP contribution in [0.25, 0.3) is 0 Å². The number of imide groups is 1. The van der Waals surface area contributed by atoms with Crippen molar-refractivity contribution in [1.29, 1.82) is 0 Å². The molecule has 1 N–H and O–H groups in total. The zero-order chi connectivity index (χ0) is 17.3. The molecular formula is C18H19ClN2O3. The average Bonchev–Trinajstić information content (AvgIpc) is 2.81. The zero-order valence-electron chi connectivity index (χ0n) is 13.4. The van der Waals surface area contributed by atoms with Gasteiger partial charge in [0.15, 0.2) is 0 Å². The number of hydrogen-bond acceptors (Lipinski definition) is 3. The molecule has 0 unspecified atom stereocenters. The van der Waals surface area contributed by atoms with E-state index in [1.807, 2.05) is 25.1 Å². The largest absolute Gasteiger partial charge is 0.326 e. The van der Waals surface area contributed by atoms with E-state index in [0.717, 1.165) is 5.56 Å². The van der Waals surface area contributed by atoms with E-state index in [2.05, 4.69) is 5.32 Å². The van der Waals surface area contributed by atoms with E-state index in [1.165, 1.54) is 4.90 Å². The lowest BCUT2D eigenvalue weighted by Gasteiger charge is -2.15. The van der Waals surface area contributed by atoms with Gasteiger partial charge in [0.1, 0.15) is 0 Å². The van der Waals surface area contributed by atoms with E-state index in [1.54, 1.807) is 12.1 Å². The molecule has 24 heavy (non-hydrogen) atoms. The Kier molecular flexibility index (Phi) is 4.71. The van der Waals surface area contributed by atoms with E-state index in [9.17, 15) is 14.4 Å². The van der Waals surface area contributed by atoms with Gasteiger partial charge in [0.25, 0.3) is 0 Å². The minimum Gasteiger partial charge on any atom is -0.326 e. The van der Waals surface area contributed by atoms with Crippen LogP contribution in [0.3, 0.4) is 0 Å². The number of nitrogens with one attached hydrogen (secondary N) is 1. The molecule has 3 rings (SSSR count). The number of hydrogen-bond donors (Lipinski definition) is 1. The second kappa shape index (κ2) is 6.77. The van der Waals surface area contributed by atoms with Crippen LogP contribution in [0.2, 0.25) is 5.02 Å². The summed E-state index contributed by atoms with van der Waals surface area (Å²) in [6, 6.07) is 5.26. The topological polar surface area (TPSA) is 66.5 Å². The molecule has 0 aromatic heterocycles. The Hall–Kier alpha value is -2.14. The summed E-state index contributed by atoms with van der Waals surface area (Å²) in [7, 11) is 0. The monoisotopic (exact) mass is 346 g/mol. The molecule has 3 amide bonds. The Bertz CT molecular complexity index is 703. The van der Waals surface area contributed by atoms with Crippen molar-refractivity contribution < 1.29 is 14.4 Å². The van der Waals surface area contributed by atoms with Crippen molar-refractivity contribution >= 4 is 35.0 Å². The lowest BCUT2D eigenvalue weighted by atomic mass is 9.85. The fourth-order valence-electron chi connectivity index (χ4n) is 3.24. The molecule has 126 valence electrons. The van der Waals surface area contributed by atoms with Gasteiger partial charge in [-0.2, -0.15) is 0 Å². The number of halogens is 1. The van der Waals surface area contributed by atoms with Gasteiger partial charge in [-0.05, 0) is 37.5 Å². The summed E-state index contributed by atoms with van der Waals surface area (Å²) < 4.78 is 0. The van der Waals surface area contributed by atoms with Crippen LogP contribution in [-0.4, -0.2) is 29.2 Å². The molecular weight excluding hydrogens is 328 g/mol. The molecule has 0 spiro atoms. The first kappa shape index (κ1) is 16.7. The number of fused-ring (bicyclic) bond motifs is 1. The van der Waals surface area contributed by atoms with E-state index in [4.69, 9.17) is 11.6 Å². The number of nitrogens with zero attached hydrogens (tertiary/aromatic N) is 1. The molecule has 1 aromatic carbocycles. The van der Waals surface area contributed by atoms with Gasteiger partial charge >= 0.3 is 0 Å². The maximum absolute atomic E-state index is 12.3. The number of anilines is 1. The lowest BCUT2D eigenvalue weighted by Crippen LogP contribution is -2.34. The summed E-state index contributed by atoms with van der Waals surface area (Å²) in [6.45, 7) is 1.99. The van der Waals surface area contributed by atoms with E-state index in [-0.39, 0.29) is 42.5 Å². The molecule has 1 heterocycles. The highest BCUT2D eigenvalue weighted by Gasteiger charge is 2.46. The molecule has 1 fully saturated rings. The first-order valence-corrected chi connectivity index (χ1v) is 8.41. The number of benzene rings is 1. The van der Waals surface area contributed by atoms with Gasteiger partial charge in [-0.3, -0.25) is 19.3 Å². The van der Waals surface area contributed by atoms with Crippen molar-refractivity contribution in [2.75, 3.05) is 11.9 Å². The second-order valence-corrected chi connectivity index (χ2v) is 6.68. The van der Waals surface area contributed by atoms with Crippen LogP contribution in [0.1, 0.15) is 24.8 Å². The van der Waals surface area contributed by atoms with E-state index in [0.29, 0.717) is 23.6 Å². The van der Waals surface area contributed by atoms with Crippen molar-refractivity contribution in [3.05, 3.63) is 40.9 Å². The highest BCUT2D eigenvalue weighted by molar-refractivity contribution is 6.31. The molecule has 1 aliphatic carbocycles. The van der Waals surface area contributed by atoms with Crippen LogP contribution < -0.4 is 5.32 Å². The lowest BCUT2D eigenvalue weighted by molar-refractivity contribution is -0.140. The zero-order valence-corrected chi connectivity index (χ0v) is 14.2. The van der Waals surface area contributed by atoms with Crippen LogP contribution in [0.4, 0.5) is 5.69 Å². The van der Waals surface area contributed by atoms with Crippen molar-refractivity contribution in [2.24, 2.45) is 11.8 Å². The van der Waals surface area contributed by atoms with E-state index < -0.39 is 0 Å². The number of carbonyl (C=O) groups excluding carboxylic acids is 3. The standard InChI is InChI=1S/C18H19ClN2O3/c1-11-6-7-12(19)10-15(11)20-16(22)8-9-21-17(23)13-4-2-3-5-14(13)18(21)24/h2-3,6-7,10,13-14H,4-5,8-9H2,1H3,(H,20,22)/t13-,14+. The van der Waals surface area contributed by atoms with Crippen LogP contribution in [-0.2, 0) is 14.4 Å². The van der Waals surface area contributed by atoms with Gasteiger partial charge in [0, 0.05) is 23.7 Å². The number of likely N-dealkylation sites (tertiary alicyclic amines) is 1. The molecule has 0 saturated carbocycles. The molecule has 5 nitrogen and oxygen atoms in total. The Morgan fingerprint density at radius 1 is 1.21 bits per heavy atom. The van der Waals surface area contributed by atoms with Crippen molar-refractivity contribution in [3.63, 3.8) is 0 Å². The number of carbonyl (C=O) groups is 3. The first-order valence-electron chi connectivity index (χ1n) is 8.03. The third kappa shape index (κ3) is 3.22. The fraction of sp³-hybridized carbons (Fsp3) is 0.389. The van der Waals surface area contributed by atoms with Crippen LogP contribution >= 0.6 is 11.6 Å². The molecule has 0 radical (unpaired) electrons. The normalized spacial score (nSPS) is 22.7. The first-order chi connectivity index (χ1) is 11.5. The van der Waals surface area contributed by atoms with E-state index >= 15 is 0 Å². The highest BCUT2D eigenvalue weighted by atomic mass is 35.5. The number of amides is 3. The third-order valence-electron chi connectivity index (χ3n) is 4.64. The molecule has 0 bridgehead atoms. The summed E-state index contributed by atoms with van der Waals surface area (Å²) in [5.41, 5.74) is 1.54. The maximum atomic E-state index is 12.3. The molecule has 1 aliphatic heterocycles. The minimum absolute atomic E-state index is 0.0797. The summed E-state index contributed by atoms with van der Waals surface area (Å²) in [6.07, 6.45) is 5.20. The van der Waals surface area contributed by atoms with Crippen LogP contribution in [0.15, 0.2) is 30.4 Å². The minimum atomic E-state index is -0.249. The summed E-state index contributed by atoms with van der Waals surface area (Å²) >= 11 is 5.93. The van der Waals surface area contributed by atoms with Gasteiger partial charge in [-0.15, -0.1) is 0 Å². The third-order valence-corrected chi connectivity index (χ3v) is 4.87.